The summed E-state index contributed by atoms with van der Waals surface area (Å²) in [6, 6.07) is 1.84. The van der Waals surface area contributed by atoms with Crippen molar-refractivity contribution in [2.24, 2.45) is 5.73 Å². The molecule has 0 aliphatic heterocycles. The zero-order valence-corrected chi connectivity index (χ0v) is 9.79. The molecule has 8 heteroatoms. The lowest BCUT2D eigenvalue weighted by molar-refractivity contribution is -0.137. The molecule has 1 atom stereocenters. The number of nitrogens with zero attached hydrogens (tertiary/aromatic N) is 2. The molecule has 1 aromatic heterocycles. The molecule has 0 amide bonds. The van der Waals surface area contributed by atoms with Gasteiger partial charge in [0.25, 0.3) is 0 Å². The number of aromatic nitrogens is 3. The van der Waals surface area contributed by atoms with Crippen LogP contribution in [0, 0.1) is 5.82 Å². The predicted molar refractivity (Wildman–Crippen MR) is 59.4 cm³/mol. The minimum atomic E-state index is -4.69. The van der Waals surface area contributed by atoms with E-state index in [4.69, 9.17) is 5.73 Å². The summed E-state index contributed by atoms with van der Waals surface area (Å²) in [5, 5.41) is 6.12. The maximum atomic E-state index is 13.0. The number of rotatable bonds is 2. The van der Waals surface area contributed by atoms with Gasteiger partial charge >= 0.3 is 6.18 Å². The number of alkyl halides is 3. The van der Waals surface area contributed by atoms with Crippen molar-refractivity contribution in [3.05, 3.63) is 35.4 Å². The first kappa shape index (κ1) is 13.5. The highest BCUT2D eigenvalue weighted by Gasteiger charge is 2.35. The van der Waals surface area contributed by atoms with E-state index in [1.807, 2.05) is 0 Å². The number of H-pyrrole nitrogens is 1. The lowest BCUT2D eigenvalue weighted by atomic mass is 10.1. The molecule has 102 valence electrons. The van der Waals surface area contributed by atoms with E-state index in [1.165, 1.54) is 0 Å². The number of benzene rings is 1. The van der Waals surface area contributed by atoms with Crippen molar-refractivity contribution in [1.29, 1.82) is 0 Å². The molecule has 0 aliphatic carbocycles. The first-order valence-corrected chi connectivity index (χ1v) is 5.34. The van der Waals surface area contributed by atoms with Gasteiger partial charge < -0.3 is 5.73 Å². The topological polar surface area (TPSA) is 67.6 Å². The Hall–Kier alpha value is -1.96. The van der Waals surface area contributed by atoms with Crippen molar-refractivity contribution >= 4 is 0 Å². The predicted octanol–water partition coefficient (Wildman–Crippen LogP) is 2.65. The van der Waals surface area contributed by atoms with Crippen LogP contribution in [0.25, 0.3) is 11.4 Å². The molecule has 0 fully saturated rings. The number of hydrogen-bond acceptors (Lipinski definition) is 3. The molecule has 19 heavy (non-hydrogen) atoms. The molecule has 2 rings (SSSR count). The normalized spacial score (nSPS) is 13.6. The molecule has 0 aliphatic rings. The summed E-state index contributed by atoms with van der Waals surface area (Å²) in [6.45, 7) is 1.61. The second kappa shape index (κ2) is 4.61. The fourth-order valence-electron chi connectivity index (χ4n) is 1.54. The highest BCUT2D eigenvalue weighted by molar-refractivity contribution is 5.61. The summed E-state index contributed by atoms with van der Waals surface area (Å²) in [6.07, 6.45) is -4.69. The summed E-state index contributed by atoms with van der Waals surface area (Å²) in [5.41, 5.74) is 4.12. The fourth-order valence-corrected chi connectivity index (χ4v) is 1.54. The Balaban J connectivity index is 2.55. The number of hydrogen-bond donors (Lipinski definition) is 2. The average Bonchev–Trinajstić information content (AvgIpc) is 2.77. The monoisotopic (exact) mass is 274 g/mol. The quantitative estimate of drug-likeness (QED) is 0.827. The van der Waals surface area contributed by atoms with Gasteiger partial charge in [-0.25, -0.2) is 9.37 Å². The Morgan fingerprint density at radius 1 is 1.32 bits per heavy atom. The standard InChI is InChI=1S/C11H10F4N4/c1-5(16)9-17-10(19-18-9)7-3-2-6(12)4-8(7)11(13,14)15/h2-5H,16H2,1H3,(H,17,18,19). The smallest absolute Gasteiger partial charge is 0.322 e. The molecular weight excluding hydrogens is 264 g/mol. The van der Waals surface area contributed by atoms with Gasteiger partial charge in [-0.1, -0.05) is 0 Å². The van der Waals surface area contributed by atoms with Crippen LogP contribution >= 0.6 is 0 Å². The van der Waals surface area contributed by atoms with Crippen molar-refractivity contribution < 1.29 is 17.6 Å². The Labute approximate surface area is 105 Å². The van der Waals surface area contributed by atoms with Gasteiger partial charge in [0.1, 0.15) is 11.6 Å². The summed E-state index contributed by atoms with van der Waals surface area (Å²) < 4.78 is 51.4. The Bertz CT molecular complexity index is 589. The van der Waals surface area contributed by atoms with E-state index in [1.54, 1.807) is 6.92 Å². The van der Waals surface area contributed by atoms with Gasteiger partial charge in [-0.3, -0.25) is 5.10 Å². The highest BCUT2D eigenvalue weighted by Crippen LogP contribution is 2.36. The van der Waals surface area contributed by atoms with Gasteiger partial charge in [-0.15, -0.1) is 0 Å². The number of nitrogens with two attached hydrogens (primary N) is 1. The fraction of sp³-hybridized carbons (Fsp3) is 0.273. The zero-order chi connectivity index (χ0) is 14.2. The molecule has 4 nitrogen and oxygen atoms in total. The van der Waals surface area contributed by atoms with Crippen molar-refractivity contribution in [2.45, 2.75) is 19.1 Å². The van der Waals surface area contributed by atoms with Crippen LogP contribution < -0.4 is 5.73 Å². The molecular formula is C11H10F4N4. The van der Waals surface area contributed by atoms with Crippen LogP contribution in [0.15, 0.2) is 18.2 Å². The molecule has 0 radical (unpaired) electrons. The summed E-state index contributed by atoms with van der Waals surface area (Å²) >= 11 is 0. The number of halogens is 4. The molecule has 3 N–H and O–H groups in total. The SMILES string of the molecule is CC(N)c1nc(-c2ccc(F)cc2C(F)(F)F)n[nH]1. The second-order valence-corrected chi connectivity index (χ2v) is 4.02. The van der Waals surface area contributed by atoms with Crippen LogP contribution in [0.3, 0.4) is 0 Å². The van der Waals surface area contributed by atoms with E-state index in [0.717, 1.165) is 12.1 Å². The van der Waals surface area contributed by atoms with E-state index < -0.39 is 23.6 Å². The number of aromatic amines is 1. The zero-order valence-electron chi connectivity index (χ0n) is 9.79. The number of nitrogens with one attached hydrogen (secondary N) is 1. The Morgan fingerprint density at radius 3 is 2.53 bits per heavy atom. The van der Waals surface area contributed by atoms with Crippen LogP contribution in [-0.4, -0.2) is 15.2 Å². The van der Waals surface area contributed by atoms with Gasteiger partial charge in [0, 0.05) is 5.56 Å². The summed E-state index contributed by atoms with van der Waals surface area (Å²) in [7, 11) is 0. The first-order valence-electron chi connectivity index (χ1n) is 5.34. The molecule has 0 saturated carbocycles. The van der Waals surface area contributed by atoms with Gasteiger partial charge in [0.2, 0.25) is 0 Å². The maximum absolute atomic E-state index is 13.0. The van der Waals surface area contributed by atoms with Crippen LogP contribution in [0.1, 0.15) is 24.4 Å². The largest absolute Gasteiger partial charge is 0.417 e. The van der Waals surface area contributed by atoms with Gasteiger partial charge in [-0.05, 0) is 25.1 Å². The van der Waals surface area contributed by atoms with Crippen LogP contribution in [-0.2, 0) is 6.18 Å². The molecule has 0 bridgehead atoms. The second-order valence-electron chi connectivity index (χ2n) is 4.02. The van der Waals surface area contributed by atoms with Crippen molar-refractivity contribution in [3.8, 4) is 11.4 Å². The van der Waals surface area contributed by atoms with Crippen molar-refractivity contribution in [2.75, 3.05) is 0 Å². The Morgan fingerprint density at radius 2 is 2.00 bits per heavy atom. The Kier molecular flexibility index (Phi) is 3.27. The molecule has 1 unspecified atom stereocenters. The lowest BCUT2D eigenvalue weighted by Crippen LogP contribution is -2.09. The van der Waals surface area contributed by atoms with Crippen LogP contribution in [0.5, 0.6) is 0 Å². The summed E-state index contributed by atoms with van der Waals surface area (Å²) in [5.74, 6) is -0.883. The lowest BCUT2D eigenvalue weighted by Gasteiger charge is -2.10. The third kappa shape index (κ3) is 2.73. The van der Waals surface area contributed by atoms with Gasteiger partial charge in [0.15, 0.2) is 5.82 Å². The van der Waals surface area contributed by atoms with Gasteiger partial charge in [0.05, 0.1) is 11.6 Å². The average molecular weight is 274 g/mol. The van der Waals surface area contributed by atoms with E-state index in [2.05, 4.69) is 15.2 Å². The van der Waals surface area contributed by atoms with Crippen LogP contribution in [0.4, 0.5) is 17.6 Å². The molecule has 0 saturated heterocycles. The molecule has 1 heterocycles. The van der Waals surface area contributed by atoms with E-state index >= 15 is 0 Å². The minimum Gasteiger partial charge on any atom is -0.322 e. The van der Waals surface area contributed by atoms with E-state index in [9.17, 15) is 17.6 Å². The molecule has 1 aromatic carbocycles. The third-order valence-electron chi connectivity index (χ3n) is 2.46. The highest BCUT2D eigenvalue weighted by atomic mass is 19.4. The first-order chi connectivity index (χ1) is 8.79. The maximum Gasteiger partial charge on any atom is 0.417 e. The molecule has 2 aromatic rings. The summed E-state index contributed by atoms with van der Waals surface area (Å²) in [4.78, 5) is 3.87. The van der Waals surface area contributed by atoms with E-state index in [-0.39, 0.29) is 17.2 Å². The van der Waals surface area contributed by atoms with Crippen molar-refractivity contribution in [1.82, 2.24) is 15.2 Å². The third-order valence-corrected chi connectivity index (χ3v) is 2.46. The van der Waals surface area contributed by atoms with E-state index in [0.29, 0.717) is 6.07 Å². The van der Waals surface area contributed by atoms with Crippen molar-refractivity contribution in [3.63, 3.8) is 0 Å². The van der Waals surface area contributed by atoms with Crippen LogP contribution in [0.2, 0.25) is 0 Å². The van der Waals surface area contributed by atoms with Gasteiger partial charge in [-0.2, -0.15) is 18.3 Å². The minimum absolute atomic E-state index is 0.167. The molecule has 0 spiro atoms.